The molecule has 2 rings (SSSR count). The molecule has 0 unspecified atom stereocenters. The zero-order valence-corrected chi connectivity index (χ0v) is 14.4. The zero-order chi connectivity index (χ0) is 16.7. The van der Waals surface area contributed by atoms with Crippen LogP contribution < -0.4 is 10.5 Å². The minimum Gasteiger partial charge on any atom is -0.397 e. The van der Waals surface area contributed by atoms with Crippen molar-refractivity contribution in [2.45, 2.75) is 39.5 Å². The summed E-state index contributed by atoms with van der Waals surface area (Å²) >= 11 is 0. The van der Waals surface area contributed by atoms with E-state index >= 15 is 0 Å². The number of benzene rings is 2. The first-order chi connectivity index (χ1) is 10.2. The molecule has 0 aliphatic rings. The predicted octanol–water partition coefficient (Wildman–Crippen LogP) is 3.61. The third-order valence-electron chi connectivity index (χ3n) is 4.41. The van der Waals surface area contributed by atoms with Gasteiger partial charge in [-0.05, 0) is 74.6 Å². The third-order valence-corrected chi connectivity index (χ3v) is 6.04. The molecule has 0 saturated carbocycles. The molecule has 0 fully saturated rings. The molecule has 2 aromatic carbocycles. The molecule has 0 aliphatic carbocycles. The van der Waals surface area contributed by atoms with Crippen LogP contribution in [0.15, 0.2) is 29.2 Å². The molecule has 3 N–H and O–H groups in total. The summed E-state index contributed by atoms with van der Waals surface area (Å²) in [7, 11) is -3.69. The topological polar surface area (TPSA) is 72.2 Å². The number of nitrogen functional groups attached to an aromatic ring is 1. The van der Waals surface area contributed by atoms with E-state index in [0.29, 0.717) is 16.3 Å². The lowest BCUT2D eigenvalue weighted by Crippen LogP contribution is -2.18. The number of anilines is 2. The lowest BCUT2D eigenvalue weighted by molar-refractivity contribution is 0.599. The first kappa shape index (κ1) is 16.4. The first-order valence-corrected chi connectivity index (χ1v) is 8.59. The van der Waals surface area contributed by atoms with Crippen LogP contribution >= 0.6 is 0 Å². The highest BCUT2D eigenvalue weighted by Crippen LogP contribution is 2.31. The Morgan fingerprint density at radius 2 is 1.27 bits per heavy atom. The van der Waals surface area contributed by atoms with Gasteiger partial charge in [0.05, 0.1) is 16.3 Å². The number of nitrogens with one attached hydrogen (secondary N) is 1. The van der Waals surface area contributed by atoms with Gasteiger partial charge in [-0.2, -0.15) is 0 Å². The van der Waals surface area contributed by atoms with E-state index in [4.69, 9.17) is 5.73 Å². The Hall–Kier alpha value is -2.01. The van der Waals surface area contributed by atoms with Crippen molar-refractivity contribution in [2.24, 2.45) is 0 Å². The van der Waals surface area contributed by atoms with E-state index in [1.165, 1.54) is 0 Å². The predicted molar refractivity (Wildman–Crippen MR) is 91.8 cm³/mol. The summed E-state index contributed by atoms with van der Waals surface area (Å²) in [5.41, 5.74) is 11.3. The molecule has 0 bridgehead atoms. The lowest BCUT2D eigenvalue weighted by Gasteiger charge is -2.19. The molecule has 4 nitrogen and oxygen atoms in total. The van der Waals surface area contributed by atoms with Gasteiger partial charge in [-0.15, -0.1) is 0 Å². The monoisotopic (exact) mass is 318 g/mol. The molecule has 0 aromatic heterocycles. The highest BCUT2D eigenvalue weighted by molar-refractivity contribution is 7.92. The van der Waals surface area contributed by atoms with Gasteiger partial charge >= 0.3 is 0 Å². The molecule has 0 heterocycles. The summed E-state index contributed by atoms with van der Waals surface area (Å²) in [6.07, 6.45) is 0. The first-order valence-electron chi connectivity index (χ1n) is 7.11. The highest BCUT2D eigenvalue weighted by Gasteiger charge is 2.24. The quantitative estimate of drug-likeness (QED) is 0.849. The number of sulfonamides is 1. The van der Waals surface area contributed by atoms with Gasteiger partial charge in [0.15, 0.2) is 0 Å². The maximum absolute atomic E-state index is 12.8. The van der Waals surface area contributed by atoms with Gasteiger partial charge in [-0.3, -0.25) is 4.72 Å². The van der Waals surface area contributed by atoms with Gasteiger partial charge < -0.3 is 5.73 Å². The van der Waals surface area contributed by atoms with Crippen LogP contribution in [0, 0.1) is 34.6 Å². The molecule has 0 amide bonds. The third kappa shape index (κ3) is 2.68. The average Bonchev–Trinajstić information content (AvgIpc) is 2.45. The van der Waals surface area contributed by atoms with Gasteiger partial charge in [0.25, 0.3) is 10.0 Å². The SMILES string of the molecule is Cc1c(C)c(C)c(S(=O)(=O)Nc2ccccc2N)c(C)c1C. The van der Waals surface area contributed by atoms with Crippen molar-refractivity contribution in [1.82, 2.24) is 0 Å². The van der Waals surface area contributed by atoms with Crippen LogP contribution in [0.25, 0.3) is 0 Å². The van der Waals surface area contributed by atoms with Crippen molar-refractivity contribution < 1.29 is 8.42 Å². The number of hydrogen-bond acceptors (Lipinski definition) is 3. The fourth-order valence-corrected chi connectivity index (χ4v) is 4.34. The van der Waals surface area contributed by atoms with E-state index in [1.54, 1.807) is 24.3 Å². The van der Waals surface area contributed by atoms with E-state index in [-0.39, 0.29) is 0 Å². The lowest BCUT2D eigenvalue weighted by atomic mass is 9.95. The number of hydrogen-bond donors (Lipinski definition) is 2. The van der Waals surface area contributed by atoms with Crippen molar-refractivity contribution in [2.75, 3.05) is 10.5 Å². The molecule has 22 heavy (non-hydrogen) atoms. The molecule has 0 atom stereocenters. The number of rotatable bonds is 3. The fourth-order valence-electron chi connectivity index (χ4n) is 2.65. The van der Waals surface area contributed by atoms with Crippen molar-refractivity contribution >= 4 is 21.4 Å². The van der Waals surface area contributed by atoms with Crippen LogP contribution in [0.2, 0.25) is 0 Å². The van der Waals surface area contributed by atoms with Gasteiger partial charge in [0.2, 0.25) is 0 Å². The molecule has 5 heteroatoms. The number of nitrogens with two attached hydrogens (primary N) is 1. The molecule has 2 aromatic rings. The summed E-state index contributed by atoms with van der Waals surface area (Å²) < 4.78 is 28.3. The molecule has 0 spiro atoms. The van der Waals surface area contributed by atoms with Crippen LogP contribution in [0.4, 0.5) is 11.4 Å². The van der Waals surface area contributed by atoms with Crippen LogP contribution in [0.3, 0.4) is 0 Å². The second-order valence-electron chi connectivity index (χ2n) is 5.65. The smallest absolute Gasteiger partial charge is 0.262 e. The van der Waals surface area contributed by atoms with E-state index in [0.717, 1.165) is 27.8 Å². The Balaban J connectivity index is 2.63. The Kier molecular flexibility index (Phi) is 4.20. The Morgan fingerprint density at radius 3 is 1.77 bits per heavy atom. The Morgan fingerprint density at radius 1 is 0.818 bits per heavy atom. The molecular weight excluding hydrogens is 296 g/mol. The summed E-state index contributed by atoms with van der Waals surface area (Å²) in [4.78, 5) is 0.344. The van der Waals surface area contributed by atoms with Crippen LogP contribution in [-0.4, -0.2) is 8.42 Å². The van der Waals surface area contributed by atoms with Gasteiger partial charge in [0.1, 0.15) is 0 Å². The van der Waals surface area contributed by atoms with Gasteiger partial charge in [-0.1, -0.05) is 12.1 Å². The van der Waals surface area contributed by atoms with Crippen LogP contribution in [0.5, 0.6) is 0 Å². The molecule has 0 aliphatic heterocycles. The highest BCUT2D eigenvalue weighted by atomic mass is 32.2. The van der Waals surface area contributed by atoms with E-state index < -0.39 is 10.0 Å². The zero-order valence-electron chi connectivity index (χ0n) is 13.6. The van der Waals surface area contributed by atoms with Crippen LogP contribution in [-0.2, 0) is 10.0 Å². The summed E-state index contributed by atoms with van der Waals surface area (Å²) in [6, 6.07) is 6.85. The van der Waals surface area contributed by atoms with E-state index in [9.17, 15) is 8.42 Å². The normalized spacial score (nSPS) is 11.5. The van der Waals surface area contributed by atoms with E-state index in [2.05, 4.69) is 4.72 Å². The largest absolute Gasteiger partial charge is 0.397 e. The summed E-state index contributed by atoms with van der Waals surface area (Å²) in [5, 5.41) is 0. The van der Waals surface area contributed by atoms with Crippen molar-refractivity contribution in [1.29, 1.82) is 0 Å². The average molecular weight is 318 g/mol. The molecular formula is C17H22N2O2S. The second-order valence-corrected chi connectivity index (χ2v) is 7.27. The second kappa shape index (κ2) is 5.65. The molecule has 0 radical (unpaired) electrons. The summed E-state index contributed by atoms with van der Waals surface area (Å²) in [5.74, 6) is 0. The summed E-state index contributed by atoms with van der Waals surface area (Å²) in [6.45, 7) is 9.61. The Labute approximate surface area is 132 Å². The van der Waals surface area contributed by atoms with Gasteiger partial charge in [-0.25, -0.2) is 8.42 Å². The maximum Gasteiger partial charge on any atom is 0.262 e. The molecule has 0 saturated heterocycles. The van der Waals surface area contributed by atoms with Crippen molar-refractivity contribution in [3.8, 4) is 0 Å². The van der Waals surface area contributed by atoms with Crippen molar-refractivity contribution in [3.63, 3.8) is 0 Å². The minimum absolute atomic E-state index is 0.344. The van der Waals surface area contributed by atoms with Crippen LogP contribution in [0.1, 0.15) is 27.8 Å². The standard InChI is InChI=1S/C17H22N2O2S/c1-10-11(2)13(4)17(14(5)12(10)3)22(20,21)19-16-9-7-6-8-15(16)18/h6-9,19H,18H2,1-5H3. The molecule has 118 valence electrons. The maximum atomic E-state index is 12.8. The number of para-hydroxylation sites is 2. The van der Waals surface area contributed by atoms with Gasteiger partial charge in [0, 0.05) is 0 Å². The minimum atomic E-state index is -3.69. The fraction of sp³-hybridized carbons (Fsp3) is 0.294. The Bertz CT molecular complexity index is 811. The van der Waals surface area contributed by atoms with E-state index in [1.807, 2.05) is 34.6 Å². The van der Waals surface area contributed by atoms with Crippen molar-refractivity contribution in [3.05, 3.63) is 52.1 Å².